The summed E-state index contributed by atoms with van der Waals surface area (Å²) in [5.74, 6) is 0. The molecule has 0 aliphatic rings. The van der Waals surface area contributed by atoms with Crippen LogP contribution in [0.3, 0.4) is 0 Å². The van der Waals surface area contributed by atoms with E-state index in [0.29, 0.717) is 0 Å². The van der Waals surface area contributed by atoms with Crippen LogP contribution in [0.5, 0.6) is 0 Å². The van der Waals surface area contributed by atoms with Crippen molar-refractivity contribution in [2.45, 2.75) is 59.3 Å². The third-order valence-electron chi connectivity index (χ3n) is 2.99. The first kappa shape index (κ1) is 14.8. The van der Waals surface area contributed by atoms with Crippen molar-refractivity contribution < 1.29 is 0 Å². The molecular weight excluding hydrogens is 207 g/mol. The Bertz CT molecular complexity index is 104. The second-order valence-electron chi connectivity index (χ2n) is 4.54. The van der Waals surface area contributed by atoms with Gasteiger partial charge >= 0.3 is 96.5 Å². The van der Waals surface area contributed by atoms with Crippen LogP contribution < -0.4 is 0 Å². The van der Waals surface area contributed by atoms with Gasteiger partial charge in [-0.25, -0.2) is 0 Å². The van der Waals surface area contributed by atoms with Crippen LogP contribution in [0.2, 0.25) is 0 Å². The fraction of sp³-hybridized carbons (Fsp3) is 1.00. The van der Waals surface area contributed by atoms with Crippen molar-refractivity contribution in [3.63, 3.8) is 0 Å². The predicted molar refractivity (Wildman–Crippen MR) is 76.6 cm³/mol. The van der Waals surface area contributed by atoms with Crippen molar-refractivity contribution in [3.8, 4) is 0 Å². The van der Waals surface area contributed by atoms with Gasteiger partial charge in [0, 0.05) is 0 Å². The summed E-state index contributed by atoms with van der Waals surface area (Å²) in [7, 11) is 0. The van der Waals surface area contributed by atoms with Crippen molar-refractivity contribution in [3.05, 3.63) is 0 Å². The summed E-state index contributed by atoms with van der Waals surface area (Å²) in [4.78, 5) is 0. The summed E-state index contributed by atoms with van der Waals surface area (Å²) in [5.41, 5.74) is 0. The number of hydrogen-bond acceptors (Lipinski definition) is 1. The van der Waals surface area contributed by atoms with Gasteiger partial charge in [0.05, 0.1) is 0 Å². The van der Waals surface area contributed by atoms with Crippen LogP contribution in [0.4, 0.5) is 0 Å². The third kappa shape index (κ3) is 7.12. The Hall–Kier alpha value is 0.780. The molecule has 0 nitrogen and oxygen atoms in total. The van der Waals surface area contributed by atoms with Gasteiger partial charge in [0.1, 0.15) is 0 Å². The molecule has 0 fully saturated rings. The topological polar surface area (TPSA) is 0 Å². The van der Waals surface area contributed by atoms with Gasteiger partial charge in [-0.3, -0.25) is 0 Å². The number of thiol groups is 1. The van der Waals surface area contributed by atoms with Crippen molar-refractivity contribution in [1.29, 1.82) is 0 Å². The van der Waals surface area contributed by atoms with Crippen LogP contribution in [0.25, 0.3) is 0 Å². The maximum absolute atomic E-state index is 5.06. The molecule has 0 N–H and O–H groups in total. The molecule has 0 aliphatic carbocycles. The first-order valence-electron chi connectivity index (χ1n) is 6.41. The predicted octanol–water partition coefficient (Wildman–Crippen LogP) is 4.98. The van der Waals surface area contributed by atoms with E-state index in [1.165, 1.54) is 57.0 Å². The molecule has 0 saturated carbocycles. The minimum absolute atomic E-state index is 1.12. The quantitative estimate of drug-likeness (QED) is 0.423. The van der Waals surface area contributed by atoms with Gasteiger partial charge in [0.2, 0.25) is 0 Å². The van der Waals surface area contributed by atoms with E-state index in [4.69, 9.17) is 12.2 Å². The minimum atomic E-state index is -1.12. The van der Waals surface area contributed by atoms with E-state index in [1.54, 1.807) is 0 Å². The monoisotopic (exact) mass is 236 g/mol. The molecule has 14 heavy (non-hydrogen) atoms. The second kappa shape index (κ2) is 9.04. The number of rotatable bonds is 9. The molecule has 0 radical (unpaired) electrons. The average Bonchev–Trinajstić information content (AvgIpc) is 2.21. The summed E-state index contributed by atoms with van der Waals surface area (Å²) in [6, 6.07) is 0. The van der Waals surface area contributed by atoms with Crippen molar-refractivity contribution in [1.82, 2.24) is 0 Å². The first-order valence-corrected chi connectivity index (χ1v) is 10.3. The van der Waals surface area contributed by atoms with E-state index < -0.39 is 6.46 Å². The zero-order chi connectivity index (χ0) is 10.9. The summed E-state index contributed by atoms with van der Waals surface area (Å²) in [6.45, 7) is 5.76. The number of unbranched alkanes of at least 4 members (excludes halogenated alkanes) is 3. The molecule has 0 atom stereocenters. The molecule has 0 amide bonds. The van der Waals surface area contributed by atoms with Crippen molar-refractivity contribution in [2.24, 2.45) is 0 Å². The zero-order valence-electron chi connectivity index (χ0n) is 10.3. The molecule has 2 heteroatoms. The normalized spacial score (nSPS) is 13.1. The van der Waals surface area contributed by atoms with Gasteiger partial charge in [0.15, 0.2) is 0 Å². The van der Waals surface area contributed by atoms with Gasteiger partial charge in [-0.1, -0.05) is 0 Å². The van der Waals surface area contributed by atoms with Gasteiger partial charge in [-0.15, -0.1) is 0 Å². The SMILES string of the molecule is CCCC[PH](S)(CCCC)CCCC. The molecule has 0 rings (SSSR count). The van der Waals surface area contributed by atoms with Gasteiger partial charge in [0.25, 0.3) is 0 Å². The third-order valence-corrected chi connectivity index (χ3v) is 8.85. The molecule has 0 unspecified atom stereocenters. The summed E-state index contributed by atoms with van der Waals surface area (Å²) < 4.78 is 0. The molecule has 0 aromatic carbocycles. The number of hydrogen-bond donors (Lipinski definition) is 1. The molecule has 0 aromatic heterocycles. The van der Waals surface area contributed by atoms with Crippen LogP contribution >= 0.6 is 18.7 Å². The summed E-state index contributed by atoms with van der Waals surface area (Å²) >= 11 is 5.06. The molecule has 0 saturated heterocycles. The Morgan fingerprint density at radius 1 is 0.714 bits per heavy atom. The van der Waals surface area contributed by atoms with Gasteiger partial charge in [-0.2, -0.15) is 0 Å². The molecule has 0 bridgehead atoms. The van der Waals surface area contributed by atoms with Crippen LogP contribution in [-0.4, -0.2) is 18.5 Å². The average molecular weight is 236 g/mol. The molecule has 0 spiro atoms. The Morgan fingerprint density at radius 2 is 1.00 bits per heavy atom. The standard InChI is InChI=1S/C12H29PS/c1-4-7-10-13(14,11-8-5-2)12-9-6-3/h13-14H,4-12H2,1-3H3. The second-order valence-corrected chi connectivity index (χ2v) is 11.3. The maximum atomic E-state index is 5.06. The summed E-state index contributed by atoms with van der Waals surface area (Å²) in [5, 5.41) is 0. The zero-order valence-corrected chi connectivity index (χ0v) is 12.2. The van der Waals surface area contributed by atoms with E-state index in [2.05, 4.69) is 20.8 Å². The van der Waals surface area contributed by atoms with E-state index in [1.807, 2.05) is 0 Å². The van der Waals surface area contributed by atoms with Crippen molar-refractivity contribution >= 4 is 18.7 Å². The van der Waals surface area contributed by atoms with Gasteiger partial charge in [-0.05, 0) is 0 Å². The fourth-order valence-corrected chi connectivity index (χ4v) is 7.10. The van der Waals surface area contributed by atoms with E-state index >= 15 is 0 Å². The van der Waals surface area contributed by atoms with Crippen LogP contribution in [-0.2, 0) is 0 Å². The molecule has 0 aliphatic heterocycles. The Morgan fingerprint density at radius 3 is 1.21 bits per heavy atom. The molecule has 0 heterocycles. The van der Waals surface area contributed by atoms with Crippen LogP contribution in [0.1, 0.15) is 59.3 Å². The van der Waals surface area contributed by atoms with E-state index in [9.17, 15) is 0 Å². The van der Waals surface area contributed by atoms with Crippen LogP contribution in [0, 0.1) is 0 Å². The molecule has 0 aromatic rings. The van der Waals surface area contributed by atoms with Crippen molar-refractivity contribution in [2.75, 3.05) is 18.5 Å². The van der Waals surface area contributed by atoms with E-state index in [-0.39, 0.29) is 0 Å². The van der Waals surface area contributed by atoms with Gasteiger partial charge < -0.3 is 0 Å². The van der Waals surface area contributed by atoms with E-state index in [0.717, 1.165) is 0 Å². The molecule has 88 valence electrons. The summed E-state index contributed by atoms with van der Waals surface area (Å²) in [6.07, 6.45) is 12.6. The molecular formula is C12H29PS. The Balaban J connectivity index is 3.89. The Kier molecular flexibility index (Phi) is 9.54. The van der Waals surface area contributed by atoms with Crippen LogP contribution in [0.15, 0.2) is 0 Å². The first-order chi connectivity index (χ1) is 6.68. The Labute approximate surface area is 96.7 Å². The fourth-order valence-electron chi connectivity index (χ4n) is 1.89.